The second kappa shape index (κ2) is 6.41. The Morgan fingerprint density at radius 3 is 2.75 bits per heavy atom. The standard InChI is InChI=1S/C12H14BrNO2/c1-4-5-16-12-7-10(13)9(8-14-2)6-11(12)15-3/h1,6-7,14H,5,8H2,2-3H3/p+1. The summed E-state index contributed by atoms with van der Waals surface area (Å²) in [6.07, 6.45) is 5.15. The molecule has 0 unspecified atom stereocenters. The van der Waals surface area contributed by atoms with Crippen LogP contribution in [0, 0.1) is 12.3 Å². The molecule has 0 atom stereocenters. The summed E-state index contributed by atoms with van der Waals surface area (Å²) >= 11 is 3.50. The van der Waals surface area contributed by atoms with Crippen LogP contribution in [-0.2, 0) is 6.54 Å². The molecule has 0 spiro atoms. The van der Waals surface area contributed by atoms with Gasteiger partial charge in [0.2, 0.25) is 0 Å². The highest BCUT2D eigenvalue weighted by Crippen LogP contribution is 2.33. The van der Waals surface area contributed by atoms with Gasteiger partial charge in [-0.2, -0.15) is 0 Å². The number of methoxy groups -OCH3 is 1. The minimum atomic E-state index is 0.238. The number of hydrogen-bond donors (Lipinski definition) is 1. The summed E-state index contributed by atoms with van der Waals surface area (Å²) in [5, 5.41) is 2.08. The van der Waals surface area contributed by atoms with E-state index in [0.29, 0.717) is 11.5 Å². The van der Waals surface area contributed by atoms with Crippen LogP contribution in [-0.4, -0.2) is 20.8 Å². The van der Waals surface area contributed by atoms with E-state index in [1.807, 2.05) is 19.2 Å². The highest BCUT2D eigenvalue weighted by molar-refractivity contribution is 9.10. The van der Waals surface area contributed by atoms with Gasteiger partial charge in [-0.15, -0.1) is 6.42 Å². The molecule has 0 heterocycles. The summed E-state index contributed by atoms with van der Waals surface area (Å²) in [7, 11) is 3.63. The van der Waals surface area contributed by atoms with Gasteiger partial charge < -0.3 is 14.8 Å². The molecular weight excluding hydrogens is 270 g/mol. The lowest BCUT2D eigenvalue weighted by Gasteiger charge is -2.11. The van der Waals surface area contributed by atoms with Crippen molar-refractivity contribution in [3.8, 4) is 23.8 Å². The van der Waals surface area contributed by atoms with Crippen LogP contribution in [0.25, 0.3) is 0 Å². The minimum Gasteiger partial charge on any atom is -0.493 e. The van der Waals surface area contributed by atoms with E-state index < -0.39 is 0 Å². The molecule has 0 bridgehead atoms. The lowest BCUT2D eigenvalue weighted by atomic mass is 10.2. The Bertz CT molecular complexity index is 399. The predicted octanol–water partition coefficient (Wildman–Crippen LogP) is 1.16. The molecule has 4 heteroatoms. The van der Waals surface area contributed by atoms with Crippen LogP contribution in [0.5, 0.6) is 11.5 Å². The van der Waals surface area contributed by atoms with Crippen LogP contribution < -0.4 is 14.8 Å². The van der Waals surface area contributed by atoms with Crippen LogP contribution in [0.15, 0.2) is 16.6 Å². The zero-order chi connectivity index (χ0) is 12.0. The molecule has 1 aromatic carbocycles. The molecule has 0 aliphatic heterocycles. The van der Waals surface area contributed by atoms with Crippen molar-refractivity contribution in [3.05, 3.63) is 22.2 Å². The van der Waals surface area contributed by atoms with Gasteiger partial charge in [0.1, 0.15) is 13.2 Å². The summed E-state index contributed by atoms with van der Waals surface area (Å²) in [5.41, 5.74) is 1.16. The number of halogens is 1. The monoisotopic (exact) mass is 284 g/mol. The lowest BCUT2D eigenvalue weighted by Crippen LogP contribution is -2.77. The van der Waals surface area contributed by atoms with Gasteiger partial charge in [-0.05, 0) is 12.1 Å². The van der Waals surface area contributed by atoms with Gasteiger partial charge >= 0.3 is 0 Å². The summed E-state index contributed by atoms with van der Waals surface area (Å²) in [6, 6.07) is 3.84. The smallest absolute Gasteiger partial charge is 0.163 e. The normalized spacial score (nSPS) is 9.62. The Kier molecular flexibility index (Phi) is 5.17. The summed E-state index contributed by atoms with van der Waals surface area (Å²) in [4.78, 5) is 0. The first kappa shape index (κ1) is 12.9. The zero-order valence-corrected chi connectivity index (χ0v) is 11.0. The van der Waals surface area contributed by atoms with Crippen LogP contribution in [0.2, 0.25) is 0 Å². The molecule has 0 aromatic heterocycles. The van der Waals surface area contributed by atoms with E-state index in [0.717, 1.165) is 16.6 Å². The predicted molar refractivity (Wildman–Crippen MR) is 66.6 cm³/mol. The first-order chi connectivity index (χ1) is 7.72. The average Bonchev–Trinajstić information content (AvgIpc) is 2.29. The number of quaternary nitrogens is 1. The van der Waals surface area contributed by atoms with Crippen LogP contribution >= 0.6 is 15.9 Å². The molecule has 0 fully saturated rings. The number of benzene rings is 1. The molecule has 0 aliphatic rings. The number of hydrogen-bond acceptors (Lipinski definition) is 2. The largest absolute Gasteiger partial charge is 0.493 e. The van der Waals surface area contributed by atoms with Crippen LogP contribution in [0.3, 0.4) is 0 Å². The molecule has 2 N–H and O–H groups in total. The second-order valence-electron chi connectivity index (χ2n) is 3.20. The third-order valence-electron chi connectivity index (χ3n) is 2.07. The first-order valence-electron chi connectivity index (χ1n) is 4.93. The zero-order valence-electron chi connectivity index (χ0n) is 9.42. The molecule has 1 rings (SSSR count). The average molecular weight is 285 g/mol. The molecule has 86 valence electrons. The van der Waals surface area contributed by atoms with Gasteiger partial charge in [-0.1, -0.05) is 21.9 Å². The molecule has 0 saturated heterocycles. The van der Waals surface area contributed by atoms with E-state index >= 15 is 0 Å². The molecule has 0 aliphatic carbocycles. The van der Waals surface area contributed by atoms with E-state index in [2.05, 4.69) is 27.2 Å². The van der Waals surface area contributed by atoms with Crippen LogP contribution in [0.1, 0.15) is 5.56 Å². The van der Waals surface area contributed by atoms with Crippen LogP contribution in [0.4, 0.5) is 0 Å². The van der Waals surface area contributed by atoms with Gasteiger partial charge in [0.15, 0.2) is 11.5 Å². The van der Waals surface area contributed by atoms with E-state index in [4.69, 9.17) is 15.9 Å². The Morgan fingerprint density at radius 1 is 1.44 bits per heavy atom. The Balaban J connectivity index is 3.01. The number of rotatable bonds is 5. The second-order valence-corrected chi connectivity index (χ2v) is 4.05. The fourth-order valence-corrected chi connectivity index (χ4v) is 1.83. The molecule has 16 heavy (non-hydrogen) atoms. The van der Waals surface area contributed by atoms with Crippen molar-refractivity contribution < 1.29 is 14.8 Å². The third-order valence-corrected chi connectivity index (χ3v) is 2.81. The fourth-order valence-electron chi connectivity index (χ4n) is 1.35. The van der Waals surface area contributed by atoms with E-state index in [1.54, 1.807) is 7.11 Å². The third kappa shape index (κ3) is 3.16. The van der Waals surface area contributed by atoms with Crippen molar-refractivity contribution in [2.24, 2.45) is 0 Å². The molecule has 0 saturated carbocycles. The van der Waals surface area contributed by atoms with Crippen molar-refractivity contribution in [1.82, 2.24) is 0 Å². The minimum absolute atomic E-state index is 0.238. The number of terminal acetylenes is 1. The van der Waals surface area contributed by atoms with Crippen molar-refractivity contribution in [3.63, 3.8) is 0 Å². The van der Waals surface area contributed by atoms with Crippen molar-refractivity contribution in [1.29, 1.82) is 0 Å². The van der Waals surface area contributed by atoms with Crippen molar-refractivity contribution >= 4 is 15.9 Å². The molecule has 3 nitrogen and oxygen atoms in total. The molecule has 0 radical (unpaired) electrons. The quantitative estimate of drug-likeness (QED) is 0.824. The van der Waals surface area contributed by atoms with Gasteiger partial charge in [0.05, 0.1) is 14.2 Å². The summed E-state index contributed by atoms with van der Waals surface area (Å²) < 4.78 is 11.6. The number of nitrogens with two attached hydrogens (primary N) is 1. The van der Waals surface area contributed by atoms with Gasteiger partial charge in [-0.25, -0.2) is 0 Å². The molecular formula is C12H15BrNO2+. The Hall–Kier alpha value is -1.18. The highest BCUT2D eigenvalue weighted by Gasteiger charge is 2.10. The first-order valence-corrected chi connectivity index (χ1v) is 5.72. The Labute approximate surface area is 104 Å². The van der Waals surface area contributed by atoms with E-state index in [9.17, 15) is 0 Å². The van der Waals surface area contributed by atoms with Crippen molar-refractivity contribution in [2.75, 3.05) is 20.8 Å². The van der Waals surface area contributed by atoms with E-state index in [-0.39, 0.29) is 6.61 Å². The maximum Gasteiger partial charge on any atom is 0.163 e. The number of ether oxygens (including phenoxy) is 2. The van der Waals surface area contributed by atoms with Gasteiger partial charge in [0.25, 0.3) is 0 Å². The maximum atomic E-state index is 5.39. The van der Waals surface area contributed by atoms with Gasteiger partial charge in [-0.3, -0.25) is 0 Å². The highest BCUT2D eigenvalue weighted by atomic mass is 79.9. The van der Waals surface area contributed by atoms with Crippen molar-refractivity contribution in [2.45, 2.75) is 6.54 Å². The SMILES string of the molecule is C#CCOc1cc(Br)c(C[NH2+]C)cc1OC. The Morgan fingerprint density at radius 2 is 2.19 bits per heavy atom. The topological polar surface area (TPSA) is 35.1 Å². The fraction of sp³-hybridized carbons (Fsp3) is 0.333. The molecule has 0 amide bonds. The lowest BCUT2D eigenvalue weighted by molar-refractivity contribution is -0.643. The van der Waals surface area contributed by atoms with Gasteiger partial charge in [0, 0.05) is 10.0 Å². The maximum absolute atomic E-state index is 5.39. The molecule has 1 aromatic rings. The summed E-state index contributed by atoms with van der Waals surface area (Å²) in [6.45, 7) is 1.12. The summed E-state index contributed by atoms with van der Waals surface area (Å²) in [5.74, 6) is 3.79. The van der Waals surface area contributed by atoms with E-state index in [1.165, 1.54) is 0 Å².